The number of ether oxygens (including phenoxy) is 1. The predicted octanol–water partition coefficient (Wildman–Crippen LogP) is 2.54. The number of nitrogens with zero attached hydrogens (tertiary/aromatic N) is 2. The molecule has 28 heavy (non-hydrogen) atoms. The Labute approximate surface area is 168 Å². The van der Waals surface area contributed by atoms with Crippen molar-refractivity contribution in [1.29, 1.82) is 0 Å². The molecule has 1 aromatic heterocycles. The lowest BCUT2D eigenvalue weighted by molar-refractivity contribution is 0.0730. The number of hydrogen-bond donors (Lipinski definition) is 1. The largest absolute Gasteiger partial charge is 0.379 e. The van der Waals surface area contributed by atoms with E-state index < -0.39 is 10.0 Å². The molecule has 1 saturated heterocycles. The first-order valence-corrected chi connectivity index (χ1v) is 11.7. The number of hydrogen-bond acceptors (Lipinski definition) is 6. The number of carbonyl (C=O) groups excluding carboxylic acids is 1. The molecule has 1 aromatic carbocycles. The molecule has 1 aliphatic carbocycles. The molecule has 0 bridgehead atoms. The summed E-state index contributed by atoms with van der Waals surface area (Å²) in [4.78, 5) is 18.6. The normalized spacial score (nSPS) is 20.5. The number of morpholine rings is 1. The molecule has 150 valence electrons. The Morgan fingerprint density at radius 3 is 2.89 bits per heavy atom. The second-order valence-corrected chi connectivity index (χ2v) is 10.3. The van der Waals surface area contributed by atoms with Crippen molar-refractivity contribution in [1.82, 2.24) is 9.29 Å². The fourth-order valence-corrected chi connectivity index (χ4v) is 6.12. The molecule has 2 aliphatic rings. The minimum atomic E-state index is -3.64. The Bertz CT molecular complexity index is 981. The van der Waals surface area contributed by atoms with Crippen LogP contribution >= 0.6 is 11.3 Å². The monoisotopic (exact) mass is 421 g/mol. The van der Waals surface area contributed by atoms with Crippen LogP contribution in [0.2, 0.25) is 0 Å². The number of fused-ring (bicyclic) bond motifs is 1. The first kappa shape index (κ1) is 19.5. The van der Waals surface area contributed by atoms with Crippen molar-refractivity contribution in [2.24, 2.45) is 5.92 Å². The molecule has 0 spiro atoms. The van der Waals surface area contributed by atoms with E-state index >= 15 is 0 Å². The summed E-state index contributed by atoms with van der Waals surface area (Å²) in [6.07, 6.45) is 3.05. The highest BCUT2D eigenvalue weighted by Crippen LogP contribution is 2.32. The van der Waals surface area contributed by atoms with Crippen LogP contribution in [0, 0.1) is 5.92 Å². The summed E-state index contributed by atoms with van der Waals surface area (Å²) < 4.78 is 32.2. The van der Waals surface area contributed by atoms with Crippen LogP contribution in [-0.4, -0.2) is 49.9 Å². The van der Waals surface area contributed by atoms with E-state index in [9.17, 15) is 13.2 Å². The number of aromatic nitrogens is 1. The third-order valence-corrected chi connectivity index (χ3v) is 8.04. The average molecular weight is 422 g/mol. The molecule has 1 atom stereocenters. The Balaban J connectivity index is 1.52. The van der Waals surface area contributed by atoms with Crippen molar-refractivity contribution in [3.8, 4) is 0 Å². The van der Waals surface area contributed by atoms with Crippen molar-refractivity contribution in [3.63, 3.8) is 0 Å². The highest BCUT2D eigenvalue weighted by Gasteiger charge is 2.27. The number of amides is 1. The summed E-state index contributed by atoms with van der Waals surface area (Å²) in [6.45, 7) is 3.63. The SMILES string of the molecule is C[C@@H]1CCc2nc(NC(=O)c3cccc(S(=O)(=O)N4CCOCC4)c3)sc2C1. The van der Waals surface area contributed by atoms with Crippen molar-refractivity contribution in [2.75, 3.05) is 31.6 Å². The van der Waals surface area contributed by atoms with E-state index in [4.69, 9.17) is 4.74 Å². The summed E-state index contributed by atoms with van der Waals surface area (Å²) >= 11 is 1.51. The van der Waals surface area contributed by atoms with E-state index in [1.807, 2.05) is 0 Å². The maximum Gasteiger partial charge on any atom is 0.257 e. The zero-order valence-electron chi connectivity index (χ0n) is 15.7. The third kappa shape index (κ3) is 3.98. The van der Waals surface area contributed by atoms with Gasteiger partial charge >= 0.3 is 0 Å². The predicted molar refractivity (Wildman–Crippen MR) is 107 cm³/mol. The van der Waals surface area contributed by atoms with Gasteiger partial charge in [0.05, 0.1) is 23.8 Å². The van der Waals surface area contributed by atoms with Gasteiger partial charge < -0.3 is 4.74 Å². The Morgan fingerprint density at radius 2 is 2.11 bits per heavy atom. The lowest BCUT2D eigenvalue weighted by Crippen LogP contribution is -2.40. The summed E-state index contributed by atoms with van der Waals surface area (Å²) in [6, 6.07) is 6.15. The summed E-state index contributed by atoms with van der Waals surface area (Å²) in [5, 5.41) is 3.40. The number of thiazole rings is 1. The second-order valence-electron chi connectivity index (χ2n) is 7.24. The molecule has 1 amide bonds. The van der Waals surface area contributed by atoms with Crippen molar-refractivity contribution in [2.45, 2.75) is 31.1 Å². The van der Waals surface area contributed by atoms with Gasteiger partial charge in [0.25, 0.3) is 5.91 Å². The van der Waals surface area contributed by atoms with Crippen LogP contribution in [0.3, 0.4) is 0 Å². The highest BCUT2D eigenvalue weighted by atomic mass is 32.2. The van der Waals surface area contributed by atoms with Gasteiger partial charge in [0.1, 0.15) is 0 Å². The van der Waals surface area contributed by atoms with Crippen LogP contribution in [0.4, 0.5) is 5.13 Å². The topological polar surface area (TPSA) is 88.6 Å². The van der Waals surface area contributed by atoms with Crippen molar-refractivity contribution < 1.29 is 17.9 Å². The van der Waals surface area contributed by atoms with Gasteiger partial charge in [-0.05, 0) is 43.4 Å². The molecular weight excluding hydrogens is 398 g/mol. The van der Waals surface area contributed by atoms with Crippen molar-refractivity contribution in [3.05, 3.63) is 40.4 Å². The minimum absolute atomic E-state index is 0.120. The molecule has 0 unspecified atom stereocenters. The molecule has 2 heterocycles. The summed E-state index contributed by atoms with van der Waals surface area (Å²) in [7, 11) is -3.64. The zero-order chi connectivity index (χ0) is 19.7. The second kappa shape index (κ2) is 7.90. The van der Waals surface area contributed by atoms with E-state index in [0.29, 0.717) is 42.9 Å². The third-order valence-electron chi connectivity index (χ3n) is 5.11. The first-order chi connectivity index (χ1) is 13.4. The lowest BCUT2D eigenvalue weighted by atomic mass is 9.93. The number of benzene rings is 1. The van der Waals surface area contributed by atoms with Gasteiger partial charge in [-0.1, -0.05) is 13.0 Å². The molecule has 4 rings (SSSR count). The average Bonchev–Trinajstić information content (AvgIpc) is 3.10. The number of carbonyl (C=O) groups is 1. The Kier molecular flexibility index (Phi) is 5.50. The van der Waals surface area contributed by atoms with E-state index in [2.05, 4.69) is 17.2 Å². The van der Waals surface area contributed by atoms with Gasteiger partial charge in [-0.3, -0.25) is 10.1 Å². The highest BCUT2D eigenvalue weighted by molar-refractivity contribution is 7.89. The molecule has 1 N–H and O–H groups in total. The smallest absolute Gasteiger partial charge is 0.257 e. The minimum Gasteiger partial charge on any atom is -0.379 e. The maximum absolute atomic E-state index is 12.8. The van der Waals surface area contributed by atoms with Crippen LogP contribution in [0.15, 0.2) is 29.2 Å². The van der Waals surface area contributed by atoms with E-state index in [0.717, 1.165) is 25.0 Å². The molecular formula is C19H23N3O4S2. The van der Waals surface area contributed by atoms with Crippen LogP contribution in [-0.2, 0) is 27.6 Å². The molecule has 1 aliphatic heterocycles. The standard InChI is InChI=1S/C19H23N3O4S2/c1-13-5-6-16-17(11-13)27-19(20-16)21-18(23)14-3-2-4-15(12-14)28(24,25)22-7-9-26-10-8-22/h2-4,12-13H,5-11H2,1H3,(H,20,21,23)/t13-/m1/s1. The number of rotatable bonds is 4. The molecule has 7 nitrogen and oxygen atoms in total. The van der Waals surface area contributed by atoms with Crippen LogP contribution in [0.1, 0.15) is 34.3 Å². The molecule has 1 fully saturated rings. The van der Waals surface area contributed by atoms with Gasteiger partial charge in [0.15, 0.2) is 5.13 Å². The Morgan fingerprint density at radius 1 is 1.32 bits per heavy atom. The van der Waals surface area contributed by atoms with E-state index in [-0.39, 0.29) is 10.8 Å². The first-order valence-electron chi connectivity index (χ1n) is 9.41. The van der Waals surface area contributed by atoms with Crippen molar-refractivity contribution >= 4 is 32.4 Å². The summed E-state index contributed by atoms with van der Waals surface area (Å²) in [5.74, 6) is 0.289. The Hall–Kier alpha value is -1.81. The summed E-state index contributed by atoms with van der Waals surface area (Å²) in [5.41, 5.74) is 1.37. The zero-order valence-corrected chi connectivity index (χ0v) is 17.3. The molecule has 0 saturated carbocycles. The van der Waals surface area contributed by atoms with Gasteiger partial charge in [-0.2, -0.15) is 4.31 Å². The number of aryl methyl sites for hydroxylation is 1. The van der Waals surface area contributed by atoms with E-state index in [1.54, 1.807) is 12.1 Å². The number of sulfonamides is 1. The number of nitrogens with one attached hydrogen (secondary N) is 1. The van der Waals surface area contributed by atoms with Crippen LogP contribution in [0.5, 0.6) is 0 Å². The fourth-order valence-electron chi connectivity index (χ4n) is 3.50. The number of anilines is 1. The molecule has 9 heteroatoms. The van der Waals surface area contributed by atoms with Crippen LogP contribution in [0.25, 0.3) is 0 Å². The maximum atomic E-state index is 12.8. The quantitative estimate of drug-likeness (QED) is 0.820. The molecule has 2 aromatic rings. The van der Waals surface area contributed by atoms with Crippen LogP contribution < -0.4 is 5.32 Å². The van der Waals surface area contributed by atoms with Gasteiger partial charge in [0, 0.05) is 23.5 Å². The fraction of sp³-hybridized carbons (Fsp3) is 0.474. The lowest BCUT2D eigenvalue weighted by Gasteiger charge is -2.26. The molecule has 0 radical (unpaired) electrons. The van der Waals surface area contributed by atoms with Gasteiger partial charge in [0.2, 0.25) is 10.0 Å². The van der Waals surface area contributed by atoms with Gasteiger partial charge in [-0.25, -0.2) is 13.4 Å². The van der Waals surface area contributed by atoms with Gasteiger partial charge in [-0.15, -0.1) is 11.3 Å². The van der Waals surface area contributed by atoms with E-state index in [1.165, 1.54) is 32.7 Å².